The van der Waals surface area contributed by atoms with Crippen molar-refractivity contribution in [2.75, 3.05) is 5.32 Å². The minimum atomic E-state index is -0.632. The lowest BCUT2D eigenvalue weighted by Crippen LogP contribution is -2.26. The third-order valence-corrected chi connectivity index (χ3v) is 3.17. The van der Waals surface area contributed by atoms with Crippen molar-refractivity contribution in [3.05, 3.63) is 58.8 Å². The fourth-order valence-electron chi connectivity index (χ4n) is 2.15. The zero-order valence-electron chi connectivity index (χ0n) is 14.6. The second kappa shape index (κ2) is 6.83. The van der Waals surface area contributed by atoms with Crippen LogP contribution in [0.2, 0.25) is 0 Å². The molecule has 1 heterocycles. The number of benzene rings is 1. The zero-order valence-corrected chi connectivity index (χ0v) is 14.6. The summed E-state index contributed by atoms with van der Waals surface area (Å²) in [6.07, 6.45) is 0. The van der Waals surface area contributed by atoms with Crippen LogP contribution in [0, 0.1) is 13.8 Å². The summed E-state index contributed by atoms with van der Waals surface area (Å²) in [7, 11) is 0. The maximum Gasteiger partial charge on any atom is 0.339 e. The van der Waals surface area contributed by atoms with E-state index in [1.165, 1.54) is 0 Å². The summed E-state index contributed by atoms with van der Waals surface area (Å²) in [6, 6.07) is 10.4. The molecule has 0 aliphatic heterocycles. The molecule has 2 aromatic rings. The summed E-state index contributed by atoms with van der Waals surface area (Å²) < 4.78 is 5.40. The van der Waals surface area contributed by atoms with Crippen molar-refractivity contribution in [3.63, 3.8) is 0 Å². The van der Waals surface area contributed by atoms with Crippen molar-refractivity contribution >= 4 is 17.7 Å². The molecule has 0 saturated heterocycles. The van der Waals surface area contributed by atoms with E-state index >= 15 is 0 Å². The van der Waals surface area contributed by atoms with Gasteiger partial charge in [0.25, 0.3) is 5.91 Å². The number of anilines is 1. The number of ether oxygens (including phenoxy) is 1. The van der Waals surface area contributed by atoms with E-state index in [2.05, 4.69) is 10.3 Å². The molecule has 0 radical (unpaired) electrons. The Hall–Kier alpha value is -2.69. The molecule has 24 heavy (non-hydrogen) atoms. The summed E-state index contributed by atoms with van der Waals surface area (Å²) in [4.78, 5) is 29.2. The molecule has 5 heteroatoms. The van der Waals surface area contributed by atoms with Gasteiger partial charge < -0.3 is 10.1 Å². The Bertz CT molecular complexity index is 776. The minimum absolute atomic E-state index is 0.245. The second-order valence-electron chi connectivity index (χ2n) is 6.67. The van der Waals surface area contributed by atoms with E-state index in [4.69, 9.17) is 4.74 Å². The van der Waals surface area contributed by atoms with E-state index in [-0.39, 0.29) is 11.1 Å². The number of amides is 1. The fourth-order valence-corrected chi connectivity index (χ4v) is 2.15. The number of esters is 1. The quantitative estimate of drug-likeness (QED) is 0.868. The monoisotopic (exact) mass is 326 g/mol. The third-order valence-electron chi connectivity index (χ3n) is 3.17. The van der Waals surface area contributed by atoms with Crippen LogP contribution < -0.4 is 5.32 Å². The summed E-state index contributed by atoms with van der Waals surface area (Å²) in [5.41, 5.74) is 1.55. The summed E-state index contributed by atoms with van der Waals surface area (Å²) >= 11 is 0. The van der Waals surface area contributed by atoms with Gasteiger partial charge in [-0.2, -0.15) is 0 Å². The first kappa shape index (κ1) is 17.7. The van der Waals surface area contributed by atoms with Crippen molar-refractivity contribution in [3.8, 4) is 0 Å². The molecule has 0 bridgehead atoms. The highest BCUT2D eigenvalue weighted by Gasteiger charge is 2.23. The Morgan fingerprint density at radius 1 is 1.04 bits per heavy atom. The molecule has 126 valence electrons. The average molecular weight is 326 g/mol. The normalized spacial score (nSPS) is 11.0. The van der Waals surface area contributed by atoms with E-state index in [9.17, 15) is 9.59 Å². The summed E-state index contributed by atoms with van der Waals surface area (Å²) in [5.74, 6) is -0.474. The van der Waals surface area contributed by atoms with Gasteiger partial charge >= 0.3 is 5.97 Å². The lowest BCUT2D eigenvalue weighted by molar-refractivity contribution is 0.00677. The number of carbonyl (C=O) groups is 2. The van der Waals surface area contributed by atoms with Crippen molar-refractivity contribution in [1.82, 2.24) is 4.98 Å². The van der Waals surface area contributed by atoms with Crippen molar-refractivity contribution in [2.24, 2.45) is 0 Å². The highest BCUT2D eigenvalue weighted by Crippen LogP contribution is 2.18. The Kier molecular flexibility index (Phi) is 5.02. The first-order valence-corrected chi connectivity index (χ1v) is 7.75. The van der Waals surface area contributed by atoms with Crippen molar-refractivity contribution in [2.45, 2.75) is 40.2 Å². The molecule has 1 aromatic carbocycles. The first-order chi connectivity index (χ1) is 11.2. The van der Waals surface area contributed by atoms with Crippen LogP contribution in [0.5, 0.6) is 0 Å². The predicted octanol–water partition coefficient (Wildman–Crippen LogP) is 3.91. The maximum atomic E-state index is 12.6. The van der Waals surface area contributed by atoms with Crippen molar-refractivity contribution in [1.29, 1.82) is 0 Å². The number of nitrogens with one attached hydrogen (secondary N) is 1. The molecule has 0 fully saturated rings. The smallest absolute Gasteiger partial charge is 0.339 e. The number of hydrogen-bond acceptors (Lipinski definition) is 4. The number of carbonyl (C=O) groups excluding carboxylic acids is 2. The van der Waals surface area contributed by atoms with Gasteiger partial charge in [0.15, 0.2) is 0 Å². The number of pyridine rings is 1. The number of aryl methyl sites for hydroxylation is 2. The van der Waals surface area contributed by atoms with Crippen LogP contribution in [-0.4, -0.2) is 22.5 Å². The molecule has 0 aliphatic rings. The van der Waals surface area contributed by atoms with Gasteiger partial charge in [0.1, 0.15) is 11.4 Å². The van der Waals surface area contributed by atoms with Gasteiger partial charge in [-0.05, 0) is 58.9 Å². The summed E-state index contributed by atoms with van der Waals surface area (Å²) in [5, 5.41) is 2.72. The zero-order chi connectivity index (χ0) is 17.9. The molecule has 0 unspecified atom stereocenters. The van der Waals surface area contributed by atoms with Gasteiger partial charge in [-0.1, -0.05) is 17.7 Å². The van der Waals surface area contributed by atoms with Crippen LogP contribution in [0.3, 0.4) is 0 Å². The van der Waals surface area contributed by atoms with Gasteiger partial charge in [0.05, 0.1) is 11.1 Å². The maximum absolute atomic E-state index is 12.6. The molecule has 0 saturated carbocycles. The van der Waals surface area contributed by atoms with E-state index in [1.54, 1.807) is 45.0 Å². The van der Waals surface area contributed by atoms with Crippen LogP contribution in [0.25, 0.3) is 0 Å². The number of nitrogens with zero attached hydrogens (tertiary/aromatic N) is 1. The molecule has 0 aliphatic carbocycles. The van der Waals surface area contributed by atoms with Crippen molar-refractivity contribution < 1.29 is 14.3 Å². The molecule has 5 nitrogen and oxygen atoms in total. The fraction of sp³-hybridized carbons (Fsp3) is 0.316. The number of aromatic nitrogens is 1. The Labute approximate surface area is 142 Å². The minimum Gasteiger partial charge on any atom is -0.456 e. The van der Waals surface area contributed by atoms with Crippen LogP contribution in [0.4, 0.5) is 5.82 Å². The van der Waals surface area contributed by atoms with Crippen LogP contribution >= 0.6 is 0 Å². The number of rotatable bonds is 3. The second-order valence-corrected chi connectivity index (χ2v) is 6.67. The third kappa shape index (κ3) is 4.65. The molecular formula is C19H22N2O3. The van der Waals surface area contributed by atoms with Gasteiger partial charge in [-0.25, -0.2) is 9.78 Å². The molecule has 1 N–H and O–H groups in total. The highest BCUT2D eigenvalue weighted by molar-refractivity contribution is 6.10. The molecule has 0 atom stereocenters. The Morgan fingerprint density at radius 3 is 2.38 bits per heavy atom. The van der Waals surface area contributed by atoms with E-state index in [0.29, 0.717) is 5.82 Å². The highest BCUT2D eigenvalue weighted by atomic mass is 16.6. The first-order valence-electron chi connectivity index (χ1n) is 7.75. The Morgan fingerprint density at radius 2 is 1.75 bits per heavy atom. The van der Waals surface area contributed by atoms with E-state index in [0.717, 1.165) is 11.3 Å². The van der Waals surface area contributed by atoms with Gasteiger partial charge in [0, 0.05) is 5.69 Å². The van der Waals surface area contributed by atoms with Crippen LogP contribution in [-0.2, 0) is 4.74 Å². The lowest BCUT2D eigenvalue weighted by atomic mass is 10.0. The molecule has 1 aromatic heterocycles. The van der Waals surface area contributed by atoms with Gasteiger partial charge in [0.2, 0.25) is 0 Å². The van der Waals surface area contributed by atoms with Gasteiger partial charge in [-0.3, -0.25) is 4.79 Å². The van der Waals surface area contributed by atoms with E-state index in [1.807, 2.05) is 26.0 Å². The standard InChI is InChI=1S/C19H22N2O3/c1-12-9-10-14(15(11-12)18(23)24-19(3,4)5)17(22)21-16-8-6-7-13(2)20-16/h6-11H,1-5H3,(H,20,21,22). The topological polar surface area (TPSA) is 68.3 Å². The van der Waals surface area contributed by atoms with Crippen LogP contribution in [0.1, 0.15) is 52.7 Å². The molecular weight excluding hydrogens is 304 g/mol. The Balaban J connectivity index is 2.32. The summed E-state index contributed by atoms with van der Waals surface area (Å²) in [6.45, 7) is 9.07. The van der Waals surface area contributed by atoms with Crippen LogP contribution in [0.15, 0.2) is 36.4 Å². The molecule has 0 spiro atoms. The molecule has 1 amide bonds. The SMILES string of the molecule is Cc1ccc(C(=O)Nc2cccc(C)n2)c(C(=O)OC(C)(C)C)c1. The lowest BCUT2D eigenvalue weighted by Gasteiger charge is -2.20. The molecule has 2 rings (SSSR count). The average Bonchev–Trinajstić information content (AvgIpc) is 2.45. The van der Waals surface area contributed by atoms with Gasteiger partial charge in [-0.15, -0.1) is 0 Å². The predicted molar refractivity (Wildman–Crippen MR) is 93.3 cm³/mol. The number of hydrogen-bond donors (Lipinski definition) is 1. The van der Waals surface area contributed by atoms with E-state index < -0.39 is 17.5 Å². The largest absolute Gasteiger partial charge is 0.456 e.